The lowest BCUT2D eigenvalue weighted by Crippen LogP contribution is -2.39. The van der Waals surface area contributed by atoms with Crippen LogP contribution in [0.3, 0.4) is 0 Å². The van der Waals surface area contributed by atoms with Crippen LogP contribution in [0, 0.1) is 0 Å². The van der Waals surface area contributed by atoms with E-state index in [9.17, 15) is 9.59 Å². The summed E-state index contributed by atoms with van der Waals surface area (Å²) in [5, 5.41) is 14.6. The highest BCUT2D eigenvalue weighted by Gasteiger charge is 2.38. The number of carboxylic acid groups (broad SMARTS) is 1. The van der Waals surface area contributed by atoms with Gasteiger partial charge in [0.2, 0.25) is 0 Å². The van der Waals surface area contributed by atoms with Crippen molar-refractivity contribution in [2.75, 3.05) is 5.01 Å². The second kappa shape index (κ2) is 5.55. The number of hydrogen-bond donors (Lipinski definition) is 1. The van der Waals surface area contributed by atoms with Gasteiger partial charge in [0, 0.05) is 6.42 Å². The first-order chi connectivity index (χ1) is 9.78. The number of ether oxygens (including phenoxy) is 1. The molecule has 0 aliphatic carbocycles. The fourth-order valence-electron chi connectivity index (χ4n) is 2.01. The number of aliphatic carboxylic acids is 1. The maximum Gasteiger partial charge on any atom is 0.352 e. The molecule has 1 aliphatic heterocycles. The van der Waals surface area contributed by atoms with Gasteiger partial charge in [-0.25, -0.2) is 9.59 Å². The van der Waals surface area contributed by atoms with E-state index in [2.05, 4.69) is 5.10 Å². The number of anilines is 1. The Hall–Kier alpha value is -2.37. The van der Waals surface area contributed by atoms with Crippen LogP contribution in [-0.4, -0.2) is 34.4 Å². The van der Waals surface area contributed by atoms with E-state index in [4.69, 9.17) is 9.84 Å². The zero-order valence-electron chi connectivity index (χ0n) is 12.2. The topological polar surface area (TPSA) is 79.2 Å². The van der Waals surface area contributed by atoms with Crippen LogP contribution < -0.4 is 5.01 Å². The molecule has 0 spiro atoms. The summed E-state index contributed by atoms with van der Waals surface area (Å²) in [5.74, 6) is -1.60. The molecule has 1 atom stereocenters. The van der Waals surface area contributed by atoms with Crippen LogP contribution in [0.5, 0.6) is 0 Å². The highest BCUT2D eigenvalue weighted by atomic mass is 16.6. The molecule has 1 N–H and O–H groups in total. The van der Waals surface area contributed by atoms with Gasteiger partial charge in [-0.2, -0.15) is 5.10 Å². The third kappa shape index (κ3) is 3.59. The summed E-state index contributed by atoms with van der Waals surface area (Å²) in [6, 6.07) is 8.23. The Labute approximate surface area is 123 Å². The smallest absolute Gasteiger partial charge is 0.352 e. The molecule has 0 radical (unpaired) electrons. The highest BCUT2D eigenvalue weighted by molar-refractivity contribution is 6.37. The summed E-state index contributed by atoms with van der Waals surface area (Å²) < 4.78 is 5.35. The van der Waals surface area contributed by atoms with E-state index in [1.807, 2.05) is 6.07 Å². The first-order valence-electron chi connectivity index (χ1n) is 6.66. The summed E-state index contributed by atoms with van der Waals surface area (Å²) in [6.07, 6.45) is 0.0269. The summed E-state index contributed by atoms with van der Waals surface area (Å²) in [4.78, 5) is 23.4. The number of benzene rings is 1. The quantitative estimate of drug-likeness (QED) is 0.862. The van der Waals surface area contributed by atoms with E-state index in [1.165, 1.54) is 5.01 Å². The van der Waals surface area contributed by atoms with Crippen LogP contribution in [0.25, 0.3) is 0 Å². The van der Waals surface area contributed by atoms with Crippen molar-refractivity contribution in [3.63, 3.8) is 0 Å². The fraction of sp³-hybridized carbons (Fsp3) is 0.400. The molecule has 1 aliphatic rings. The third-order valence-corrected chi connectivity index (χ3v) is 2.86. The van der Waals surface area contributed by atoms with Crippen LogP contribution in [-0.2, 0) is 14.3 Å². The van der Waals surface area contributed by atoms with E-state index in [-0.39, 0.29) is 12.1 Å². The van der Waals surface area contributed by atoms with Crippen LogP contribution in [0.4, 0.5) is 5.69 Å². The Morgan fingerprint density at radius 1 is 1.29 bits per heavy atom. The van der Waals surface area contributed by atoms with Crippen LogP contribution in [0.1, 0.15) is 27.2 Å². The van der Waals surface area contributed by atoms with Gasteiger partial charge in [0.15, 0.2) is 6.04 Å². The Morgan fingerprint density at radius 2 is 1.90 bits per heavy atom. The number of nitrogens with zero attached hydrogens (tertiary/aromatic N) is 2. The number of para-hydroxylation sites is 1. The molecule has 6 nitrogen and oxygen atoms in total. The number of carboxylic acids is 1. The Balaban J connectivity index is 2.28. The number of rotatable bonds is 3. The maximum absolute atomic E-state index is 12.3. The van der Waals surface area contributed by atoms with Crippen molar-refractivity contribution < 1.29 is 19.4 Å². The maximum atomic E-state index is 12.3. The predicted octanol–water partition coefficient (Wildman–Crippen LogP) is 2.05. The average Bonchev–Trinajstić information content (AvgIpc) is 2.83. The van der Waals surface area contributed by atoms with Crippen molar-refractivity contribution in [2.45, 2.75) is 38.8 Å². The van der Waals surface area contributed by atoms with Gasteiger partial charge in [-0.1, -0.05) is 18.2 Å². The summed E-state index contributed by atoms with van der Waals surface area (Å²) in [6.45, 7) is 5.31. The fourth-order valence-corrected chi connectivity index (χ4v) is 2.01. The summed E-state index contributed by atoms with van der Waals surface area (Å²) in [7, 11) is 0. The molecule has 0 amide bonds. The molecule has 1 unspecified atom stereocenters. The van der Waals surface area contributed by atoms with Crippen molar-refractivity contribution in [3.05, 3.63) is 30.3 Å². The van der Waals surface area contributed by atoms with Gasteiger partial charge in [0.1, 0.15) is 11.3 Å². The molecule has 1 aromatic rings. The number of esters is 1. The second-order valence-electron chi connectivity index (χ2n) is 5.79. The summed E-state index contributed by atoms with van der Waals surface area (Å²) >= 11 is 0. The third-order valence-electron chi connectivity index (χ3n) is 2.86. The van der Waals surface area contributed by atoms with Crippen molar-refractivity contribution in [3.8, 4) is 0 Å². The Bertz CT molecular complexity index is 575. The lowest BCUT2D eigenvalue weighted by molar-refractivity contribution is -0.156. The van der Waals surface area contributed by atoms with Crippen molar-refractivity contribution in [1.29, 1.82) is 0 Å². The minimum absolute atomic E-state index is 0.0269. The predicted molar refractivity (Wildman–Crippen MR) is 78.2 cm³/mol. The molecule has 112 valence electrons. The molecule has 1 heterocycles. The molecule has 0 saturated heterocycles. The van der Waals surface area contributed by atoms with Crippen molar-refractivity contribution in [2.24, 2.45) is 5.10 Å². The number of carbonyl (C=O) groups is 2. The molecular weight excluding hydrogens is 272 g/mol. The van der Waals surface area contributed by atoms with Crippen molar-refractivity contribution in [1.82, 2.24) is 0 Å². The molecule has 1 aromatic carbocycles. The van der Waals surface area contributed by atoms with Gasteiger partial charge in [-0.05, 0) is 32.9 Å². The standard InChI is InChI=1S/C15H18N2O4/c1-15(2,3)21-14(20)12-9-11(13(18)19)16-17(12)10-7-5-4-6-8-10/h4-8,12H,9H2,1-3H3,(H,18,19). The highest BCUT2D eigenvalue weighted by Crippen LogP contribution is 2.26. The average molecular weight is 290 g/mol. The molecule has 0 saturated carbocycles. The Kier molecular flexibility index (Phi) is 3.97. The lowest BCUT2D eigenvalue weighted by Gasteiger charge is -2.26. The van der Waals surface area contributed by atoms with E-state index in [1.54, 1.807) is 45.0 Å². The van der Waals surface area contributed by atoms with Gasteiger partial charge in [-0.15, -0.1) is 0 Å². The second-order valence-corrected chi connectivity index (χ2v) is 5.79. The monoisotopic (exact) mass is 290 g/mol. The SMILES string of the molecule is CC(C)(C)OC(=O)C1CC(C(=O)O)=NN1c1ccccc1. The van der Waals surface area contributed by atoms with Gasteiger partial charge in [-0.3, -0.25) is 5.01 Å². The largest absolute Gasteiger partial charge is 0.477 e. The van der Waals surface area contributed by atoms with Gasteiger partial charge in [0.05, 0.1) is 5.69 Å². The first-order valence-corrected chi connectivity index (χ1v) is 6.66. The zero-order chi connectivity index (χ0) is 15.6. The van der Waals surface area contributed by atoms with Gasteiger partial charge in [0.25, 0.3) is 0 Å². The van der Waals surface area contributed by atoms with Crippen molar-refractivity contribution >= 4 is 23.3 Å². The molecule has 6 heteroatoms. The Morgan fingerprint density at radius 3 is 2.43 bits per heavy atom. The normalized spacial score (nSPS) is 18.3. The number of carbonyl (C=O) groups excluding carboxylic acids is 1. The van der Waals surface area contributed by atoms with Crippen LogP contribution in [0.2, 0.25) is 0 Å². The lowest BCUT2D eigenvalue weighted by atomic mass is 10.1. The molecule has 0 aromatic heterocycles. The first kappa shape index (κ1) is 15.0. The number of hydrogen-bond acceptors (Lipinski definition) is 5. The minimum atomic E-state index is -1.12. The molecule has 0 bridgehead atoms. The molecule has 0 fully saturated rings. The van der Waals surface area contributed by atoms with Crippen LogP contribution in [0.15, 0.2) is 35.4 Å². The van der Waals surface area contributed by atoms with E-state index in [0.717, 1.165) is 0 Å². The number of hydrazone groups is 1. The van der Waals surface area contributed by atoms with Gasteiger partial charge < -0.3 is 9.84 Å². The van der Waals surface area contributed by atoms with Gasteiger partial charge >= 0.3 is 11.9 Å². The molecule has 21 heavy (non-hydrogen) atoms. The summed E-state index contributed by atoms with van der Waals surface area (Å²) in [5.41, 5.74) is -0.0230. The van der Waals surface area contributed by atoms with E-state index in [0.29, 0.717) is 5.69 Å². The molecule has 2 rings (SSSR count). The molecular formula is C15H18N2O4. The minimum Gasteiger partial charge on any atom is -0.477 e. The zero-order valence-corrected chi connectivity index (χ0v) is 12.2. The van der Waals surface area contributed by atoms with Crippen LogP contribution >= 0.6 is 0 Å². The van der Waals surface area contributed by atoms with E-state index >= 15 is 0 Å². The van der Waals surface area contributed by atoms with E-state index < -0.39 is 23.6 Å².